The van der Waals surface area contributed by atoms with Gasteiger partial charge in [0.1, 0.15) is 11.9 Å². The molecule has 1 aromatic heterocycles. The Hall–Kier alpha value is -1.44. The molecule has 2 aromatic rings. The van der Waals surface area contributed by atoms with Crippen LogP contribution < -0.4 is 0 Å². The van der Waals surface area contributed by atoms with Crippen molar-refractivity contribution >= 4 is 21.4 Å². The summed E-state index contributed by atoms with van der Waals surface area (Å²) in [6.07, 6.45) is 0. The maximum absolute atomic E-state index is 13.6. The van der Waals surface area contributed by atoms with Crippen LogP contribution in [0, 0.1) is 17.1 Å². The lowest BCUT2D eigenvalue weighted by atomic mass is 10.1. The van der Waals surface area contributed by atoms with E-state index in [9.17, 15) is 4.39 Å². The van der Waals surface area contributed by atoms with Crippen molar-refractivity contribution in [2.45, 2.75) is 6.61 Å². The zero-order valence-corrected chi connectivity index (χ0v) is 7.94. The predicted octanol–water partition coefficient (Wildman–Crippen LogP) is 2.40. The number of thiophene rings is 1. The van der Waals surface area contributed by atoms with Crippen LogP contribution in [0.25, 0.3) is 10.1 Å². The first-order chi connectivity index (χ1) is 6.77. The average molecular weight is 207 g/mol. The van der Waals surface area contributed by atoms with Crippen molar-refractivity contribution in [3.63, 3.8) is 0 Å². The van der Waals surface area contributed by atoms with Gasteiger partial charge < -0.3 is 5.11 Å². The molecule has 0 unspecified atom stereocenters. The largest absolute Gasteiger partial charge is 0.392 e. The minimum Gasteiger partial charge on any atom is -0.392 e. The summed E-state index contributed by atoms with van der Waals surface area (Å²) in [5.74, 6) is -0.428. The minimum atomic E-state index is -0.428. The molecular weight excluding hydrogens is 201 g/mol. The lowest BCUT2D eigenvalue weighted by Gasteiger charge is -2.01. The molecule has 1 N–H and O–H groups in total. The summed E-state index contributed by atoms with van der Waals surface area (Å²) in [6, 6.07) is 5.01. The van der Waals surface area contributed by atoms with E-state index in [0.29, 0.717) is 15.6 Å². The van der Waals surface area contributed by atoms with Crippen molar-refractivity contribution in [2.24, 2.45) is 0 Å². The molecule has 2 nitrogen and oxygen atoms in total. The first-order valence-corrected chi connectivity index (χ1v) is 4.85. The first-order valence-electron chi connectivity index (χ1n) is 3.97. The van der Waals surface area contributed by atoms with Crippen LogP contribution in [0.5, 0.6) is 0 Å². The zero-order chi connectivity index (χ0) is 10.1. The standard InChI is InChI=1S/C10H6FNOS/c11-9-7(5-13)3-6(4-12)10-8(9)1-2-14-10/h1-3,13H,5H2. The number of fused-ring (bicyclic) bond motifs is 1. The molecule has 0 aliphatic carbocycles. The molecule has 0 atom stereocenters. The smallest absolute Gasteiger partial charge is 0.137 e. The van der Waals surface area contributed by atoms with E-state index >= 15 is 0 Å². The van der Waals surface area contributed by atoms with Gasteiger partial charge >= 0.3 is 0 Å². The maximum atomic E-state index is 13.6. The number of rotatable bonds is 1. The van der Waals surface area contributed by atoms with E-state index in [0.717, 1.165) is 0 Å². The van der Waals surface area contributed by atoms with Crippen LogP contribution in [0.2, 0.25) is 0 Å². The molecule has 0 bridgehead atoms. The fraction of sp³-hybridized carbons (Fsp3) is 0.100. The highest BCUT2D eigenvalue weighted by atomic mass is 32.1. The number of hydrogen-bond acceptors (Lipinski definition) is 3. The summed E-state index contributed by atoms with van der Waals surface area (Å²) in [6.45, 7) is -0.383. The second kappa shape index (κ2) is 3.37. The van der Waals surface area contributed by atoms with Crippen LogP contribution in [-0.2, 0) is 6.61 Å². The Bertz CT molecular complexity index is 527. The summed E-state index contributed by atoms with van der Waals surface area (Å²) in [4.78, 5) is 0. The summed E-state index contributed by atoms with van der Waals surface area (Å²) in [7, 11) is 0. The quantitative estimate of drug-likeness (QED) is 0.780. The normalized spacial score (nSPS) is 10.4. The highest BCUT2D eigenvalue weighted by Crippen LogP contribution is 2.29. The molecule has 2 rings (SSSR count). The van der Waals surface area contributed by atoms with Crippen molar-refractivity contribution in [3.8, 4) is 6.07 Å². The number of nitriles is 1. The lowest BCUT2D eigenvalue weighted by Crippen LogP contribution is -1.92. The number of nitrogens with zero attached hydrogens (tertiary/aromatic N) is 1. The van der Waals surface area contributed by atoms with Crippen LogP contribution in [-0.4, -0.2) is 5.11 Å². The average Bonchev–Trinajstić information content (AvgIpc) is 2.68. The molecule has 0 aliphatic heterocycles. The van der Waals surface area contributed by atoms with Crippen molar-refractivity contribution in [1.82, 2.24) is 0 Å². The van der Waals surface area contributed by atoms with Gasteiger partial charge in [-0.25, -0.2) is 4.39 Å². The van der Waals surface area contributed by atoms with E-state index < -0.39 is 5.82 Å². The van der Waals surface area contributed by atoms with E-state index in [1.54, 1.807) is 11.4 Å². The Balaban J connectivity index is 2.89. The molecule has 0 saturated heterocycles. The summed E-state index contributed by atoms with van der Waals surface area (Å²) >= 11 is 1.33. The van der Waals surface area contributed by atoms with Gasteiger partial charge in [0.05, 0.1) is 16.9 Å². The molecule has 4 heteroatoms. The van der Waals surface area contributed by atoms with E-state index in [1.165, 1.54) is 17.4 Å². The van der Waals surface area contributed by atoms with Gasteiger partial charge in [-0.05, 0) is 17.5 Å². The van der Waals surface area contributed by atoms with Crippen LogP contribution in [0.4, 0.5) is 4.39 Å². The number of aliphatic hydroxyl groups excluding tert-OH is 1. The van der Waals surface area contributed by atoms with Gasteiger partial charge in [0.25, 0.3) is 0 Å². The number of benzene rings is 1. The number of aliphatic hydroxyl groups is 1. The van der Waals surface area contributed by atoms with E-state index in [2.05, 4.69) is 0 Å². The molecule has 0 saturated carbocycles. The Morgan fingerprint density at radius 1 is 1.57 bits per heavy atom. The second-order valence-electron chi connectivity index (χ2n) is 2.83. The summed E-state index contributed by atoms with van der Waals surface area (Å²) in [5, 5.41) is 19.9. The van der Waals surface area contributed by atoms with Gasteiger partial charge in [0.2, 0.25) is 0 Å². The lowest BCUT2D eigenvalue weighted by molar-refractivity contribution is 0.276. The molecule has 0 fully saturated rings. The molecule has 1 heterocycles. The van der Waals surface area contributed by atoms with Gasteiger partial charge in [-0.3, -0.25) is 0 Å². The maximum Gasteiger partial charge on any atom is 0.137 e. The van der Waals surface area contributed by atoms with Crippen LogP contribution in [0.3, 0.4) is 0 Å². The summed E-state index contributed by atoms with van der Waals surface area (Å²) in [5.41, 5.74) is 0.591. The molecule has 0 radical (unpaired) electrons. The van der Waals surface area contributed by atoms with Crippen molar-refractivity contribution in [2.75, 3.05) is 0 Å². The van der Waals surface area contributed by atoms with Gasteiger partial charge in [0, 0.05) is 10.9 Å². The van der Waals surface area contributed by atoms with Gasteiger partial charge in [-0.2, -0.15) is 5.26 Å². The minimum absolute atomic E-state index is 0.174. The third-order valence-corrected chi connectivity index (χ3v) is 2.99. The van der Waals surface area contributed by atoms with E-state index in [1.807, 2.05) is 6.07 Å². The highest BCUT2D eigenvalue weighted by Gasteiger charge is 2.11. The number of hydrogen-bond donors (Lipinski definition) is 1. The molecule has 0 spiro atoms. The third kappa shape index (κ3) is 1.18. The van der Waals surface area contributed by atoms with E-state index in [-0.39, 0.29) is 12.2 Å². The zero-order valence-electron chi connectivity index (χ0n) is 7.12. The Morgan fingerprint density at radius 2 is 2.36 bits per heavy atom. The van der Waals surface area contributed by atoms with Crippen molar-refractivity contribution in [1.29, 1.82) is 5.26 Å². The Kier molecular flexibility index (Phi) is 2.20. The third-order valence-electron chi connectivity index (χ3n) is 2.04. The Labute approximate surface area is 83.8 Å². The van der Waals surface area contributed by atoms with Gasteiger partial charge in [0.15, 0.2) is 0 Å². The highest BCUT2D eigenvalue weighted by molar-refractivity contribution is 7.17. The van der Waals surface area contributed by atoms with Gasteiger partial charge in [-0.15, -0.1) is 11.3 Å². The van der Waals surface area contributed by atoms with Crippen LogP contribution in [0.15, 0.2) is 17.5 Å². The first kappa shape index (κ1) is 9.13. The topological polar surface area (TPSA) is 44.0 Å². The fourth-order valence-corrected chi connectivity index (χ4v) is 2.22. The summed E-state index contributed by atoms with van der Waals surface area (Å²) < 4.78 is 14.2. The fourth-order valence-electron chi connectivity index (χ4n) is 1.36. The monoisotopic (exact) mass is 207 g/mol. The molecule has 0 aliphatic rings. The molecule has 70 valence electrons. The van der Waals surface area contributed by atoms with E-state index in [4.69, 9.17) is 10.4 Å². The number of halogens is 1. The molecule has 1 aromatic carbocycles. The molecule has 0 amide bonds. The van der Waals surface area contributed by atoms with Crippen molar-refractivity contribution in [3.05, 3.63) is 34.5 Å². The van der Waals surface area contributed by atoms with Crippen molar-refractivity contribution < 1.29 is 9.50 Å². The van der Waals surface area contributed by atoms with Crippen LogP contribution >= 0.6 is 11.3 Å². The second-order valence-corrected chi connectivity index (χ2v) is 3.75. The SMILES string of the molecule is N#Cc1cc(CO)c(F)c2ccsc12. The predicted molar refractivity (Wildman–Crippen MR) is 52.4 cm³/mol. The van der Waals surface area contributed by atoms with Crippen LogP contribution in [0.1, 0.15) is 11.1 Å². The molecule has 14 heavy (non-hydrogen) atoms. The van der Waals surface area contributed by atoms with Gasteiger partial charge in [-0.1, -0.05) is 0 Å². The Morgan fingerprint density at radius 3 is 3.00 bits per heavy atom. The molecular formula is C10H6FNOS.